The van der Waals surface area contributed by atoms with Gasteiger partial charge in [-0.05, 0) is 0 Å². The van der Waals surface area contributed by atoms with E-state index < -0.39 is 24.1 Å². The molecule has 0 spiro atoms. The lowest BCUT2D eigenvalue weighted by molar-refractivity contribution is -0.248. The zero-order valence-corrected chi connectivity index (χ0v) is 7.80. The van der Waals surface area contributed by atoms with E-state index in [4.69, 9.17) is 14.6 Å². The highest BCUT2D eigenvalue weighted by molar-refractivity contribution is 4.95. The molecule has 0 saturated carbocycles. The van der Waals surface area contributed by atoms with Gasteiger partial charge in [-0.1, -0.05) is 6.92 Å². The van der Waals surface area contributed by atoms with Crippen molar-refractivity contribution in [2.75, 3.05) is 13.7 Å². The second-order valence-corrected chi connectivity index (χ2v) is 3.14. The number of aliphatic hydroxyl groups excluding tert-OH is 3. The van der Waals surface area contributed by atoms with E-state index >= 15 is 0 Å². The first kappa shape index (κ1) is 10.9. The van der Waals surface area contributed by atoms with Crippen molar-refractivity contribution in [2.45, 2.75) is 37.4 Å². The molecule has 0 unspecified atom stereocenters. The summed E-state index contributed by atoms with van der Waals surface area (Å²) in [6, 6.07) is 0. The zero-order valence-electron chi connectivity index (χ0n) is 7.80. The molecule has 0 radical (unpaired) electrons. The van der Waals surface area contributed by atoms with Crippen LogP contribution < -0.4 is 0 Å². The normalized spacial score (nSPS) is 45.5. The molecule has 13 heavy (non-hydrogen) atoms. The molecule has 1 aliphatic heterocycles. The molecule has 5 heteroatoms. The van der Waals surface area contributed by atoms with Gasteiger partial charge in [0.2, 0.25) is 0 Å². The molecule has 0 amide bonds. The summed E-state index contributed by atoms with van der Waals surface area (Å²) in [5, 5.41) is 27.9. The number of hydrogen-bond donors (Lipinski definition) is 3. The molecular formula is C8H16O5. The maximum Gasteiger partial charge on any atom is 0.197 e. The van der Waals surface area contributed by atoms with Crippen molar-refractivity contribution in [3.05, 3.63) is 0 Å². The Kier molecular flexibility index (Phi) is 3.26. The molecule has 1 heterocycles. The molecule has 0 aromatic rings. The van der Waals surface area contributed by atoms with Crippen LogP contribution in [0.1, 0.15) is 13.3 Å². The van der Waals surface area contributed by atoms with Gasteiger partial charge in [-0.25, -0.2) is 0 Å². The Hall–Kier alpha value is -0.200. The van der Waals surface area contributed by atoms with E-state index in [2.05, 4.69) is 0 Å². The van der Waals surface area contributed by atoms with E-state index in [1.165, 1.54) is 7.11 Å². The SMILES string of the molecule is CC[C@@]1(OC)O[C@H](CO)[C@H](O)[C@H]1O. The second-order valence-electron chi connectivity index (χ2n) is 3.14. The van der Waals surface area contributed by atoms with Crippen LogP contribution in [0.15, 0.2) is 0 Å². The number of ether oxygens (including phenoxy) is 2. The van der Waals surface area contributed by atoms with Crippen molar-refractivity contribution < 1.29 is 24.8 Å². The van der Waals surface area contributed by atoms with E-state index in [9.17, 15) is 10.2 Å². The molecule has 78 valence electrons. The van der Waals surface area contributed by atoms with Gasteiger partial charge in [0, 0.05) is 13.5 Å². The zero-order chi connectivity index (χ0) is 10.1. The summed E-state index contributed by atoms with van der Waals surface area (Å²) >= 11 is 0. The Bertz CT molecular complexity index is 168. The van der Waals surface area contributed by atoms with Crippen LogP contribution in [-0.2, 0) is 9.47 Å². The van der Waals surface area contributed by atoms with Crippen LogP contribution in [0.2, 0.25) is 0 Å². The van der Waals surface area contributed by atoms with Crippen molar-refractivity contribution in [1.29, 1.82) is 0 Å². The van der Waals surface area contributed by atoms with Crippen molar-refractivity contribution in [2.24, 2.45) is 0 Å². The molecule has 1 fully saturated rings. The van der Waals surface area contributed by atoms with E-state index in [0.717, 1.165) is 0 Å². The lowest BCUT2D eigenvalue weighted by Gasteiger charge is -2.28. The first-order valence-corrected chi connectivity index (χ1v) is 4.31. The fourth-order valence-electron chi connectivity index (χ4n) is 1.61. The Balaban J connectivity index is 2.79. The third-order valence-electron chi connectivity index (χ3n) is 2.52. The average Bonchev–Trinajstić information content (AvgIpc) is 2.42. The minimum absolute atomic E-state index is 0.330. The van der Waals surface area contributed by atoms with Gasteiger partial charge in [-0.3, -0.25) is 0 Å². The van der Waals surface area contributed by atoms with Crippen LogP contribution in [-0.4, -0.2) is 53.1 Å². The molecule has 1 rings (SSSR count). The van der Waals surface area contributed by atoms with Crippen LogP contribution in [0.25, 0.3) is 0 Å². The third kappa shape index (κ3) is 1.58. The summed E-state index contributed by atoms with van der Waals surface area (Å²) < 4.78 is 10.3. The smallest absolute Gasteiger partial charge is 0.197 e. The molecule has 1 aliphatic rings. The highest BCUT2D eigenvalue weighted by Crippen LogP contribution is 2.34. The van der Waals surface area contributed by atoms with E-state index in [1.807, 2.05) is 0 Å². The van der Waals surface area contributed by atoms with Crippen molar-refractivity contribution in [3.8, 4) is 0 Å². The van der Waals surface area contributed by atoms with Crippen LogP contribution in [0.5, 0.6) is 0 Å². The van der Waals surface area contributed by atoms with Crippen LogP contribution >= 0.6 is 0 Å². The van der Waals surface area contributed by atoms with Gasteiger partial charge >= 0.3 is 0 Å². The van der Waals surface area contributed by atoms with Gasteiger partial charge in [-0.15, -0.1) is 0 Å². The summed E-state index contributed by atoms with van der Waals surface area (Å²) in [7, 11) is 1.40. The molecule has 1 saturated heterocycles. The number of hydrogen-bond acceptors (Lipinski definition) is 5. The monoisotopic (exact) mass is 192 g/mol. The van der Waals surface area contributed by atoms with Crippen LogP contribution in [0.3, 0.4) is 0 Å². The quantitative estimate of drug-likeness (QED) is 0.526. The van der Waals surface area contributed by atoms with Gasteiger partial charge < -0.3 is 24.8 Å². The Morgan fingerprint density at radius 1 is 1.46 bits per heavy atom. The molecule has 0 aromatic carbocycles. The fraction of sp³-hybridized carbons (Fsp3) is 1.00. The van der Waals surface area contributed by atoms with Gasteiger partial charge in [0.05, 0.1) is 6.61 Å². The maximum atomic E-state index is 9.60. The topological polar surface area (TPSA) is 79.2 Å². The maximum absolute atomic E-state index is 9.60. The minimum Gasteiger partial charge on any atom is -0.394 e. The summed E-state index contributed by atoms with van der Waals surface area (Å²) in [4.78, 5) is 0. The fourth-order valence-corrected chi connectivity index (χ4v) is 1.61. The molecule has 4 atom stereocenters. The molecule has 3 N–H and O–H groups in total. The van der Waals surface area contributed by atoms with Gasteiger partial charge in [0.15, 0.2) is 5.79 Å². The summed E-state index contributed by atoms with van der Waals surface area (Å²) in [5.41, 5.74) is 0. The van der Waals surface area contributed by atoms with Crippen molar-refractivity contribution in [3.63, 3.8) is 0 Å². The predicted molar refractivity (Wildman–Crippen MR) is 44.0 cm³/mol. The van der Waals surface area contributed by atoms with Gasteiger partial charge in [0.1, 0.15) is 18.3 Å². The Morgan fingerprint density at radius 2 is 2.08 bits per heavy atom. The average molecular weight is 192 g/mol. The molecular weight excluding hydrogens is 176 g/mol. The number of rotatable bonds is 3. The van der Waals surface area contributed by atoms with Crippen LogP contribution in [0.4, 0.5) is 0 Å². The molecule has 0 aliphatic carbocycles. The Labute approximate surface area is 76.9 Å². The van der Waals surface area contributed by atoms with Crippen LogP contribution in [0, 0.1) is 0 Å². The first-order valence-electron chi connectivity index (χ1n) is 4.31. The number of methoxy groups -OCH3 is 1. The summed E-state index contributed by atoms with van der Waals surface area (Å²) in [5.74, 6) is -1.17. The summed E-state index contributed by atoms with van der Waals surface area (Å²) in [6.07, 6.45) is -2.56. The number of aliphatic hydroxyl groups is 3. The molecule has 0 bridgehead atoms. The molecule has 5 nitrogen and oxygen atoms in total. The van der Waals surface area contributed by atoms with Crippen molar-refractivity contribution >= 4 is 0 Å². The summed E-state index contributed by atoms with van der Waals surface area (Å²) in [6.45, 7) is 1.45. The lowest BCUT2D eigenvalue weighted by atomic mass is 10.0. The van der Waals surface area contributed by atoms with E-state index in [-0.39, 0.29) is 6.61 Å². The highest BCUT2D eigenvalue weighted by atomic mass is 16.7. The Morgan fingerprint density at radius 3 is 2.31 bits per heavy atom. The lowest BCUT2D eigenvalue weighted by Crippen LogP contribution is -2.44. The van der Waals surface area contributed by atoms with E-state index in [1.54, 1.807) is 6.92 Å². The molecule has 0 aromatic heterocycles. The third-order valence-corrected chi connectivity index (χ3v) is 2.52. The first-order chi connectivity index (χ1) is 6.11. The van der Waals surface area contributed by atoms with Gasteiger partial charge in [0.25, 0.3) is 0 Å². The second kappa shape index (κ2) is 3.89. The van der Waals surface area contributed by atoms with Crippen molar-refractivity contribution in [1.82, 2.24) is 0 Å². The predicted octanol–water partition coefficient (Wildman–Crippen LogP) is -1.15. The highest BCUT2D eigenvalue weighted by Gasteiger charge is 2.53. The largest absolute Gasteiger partial charge is 0.394 e. The van der Waals surface area contributed by atoms with Gasteiger partial charge in [-0.2, -0.15) is 0 Å². The van der Waals surface area contributed by atoms with E-state index in [0.29, 0.717) is 6.42 Å². The standard InChI is InChI=1S/C8H16O5/c1-3-8(12-2)7(11)6(10)5(4-9)13-8/h5-7,9-11H,3-4H2,1-2H3/t5-,6+,7-,8-/m1/s1. The minimum atomic E-state index is -1.17.